The van der Waals surface area contributed by atoms with Crippen LogP contribution in [-0.2, 0) is 11.3 Å². The van der Waals surface area contributed by atoms with Gasteiger partial charge in [-0.1, -0.05) is 0 Å². The van der Waals surface area contributed by atoms with Crippen LogP contribution in [0.3, 0.4) is 0 Å². The number of thioether (sulfide) groups is 1. The Bertz CT molecular complexity index is 284. The van der Waals surface area contributed by atoms with Crippen LogP contribution < -0.4 is 0 Å². The molecule has 1 amide bonds. The Morgan fingerprint density at radius 1 is 1.71 bits per heavy atom. The molecule has 0 spiro atoms. The van der Waals surface area contributed by atoms with Crippen LogP contribution in [0, 0.1) is 0 Å². The molecule has 0 unspecified atom stereocenters. The summed E-state index contributed by atoms with van der Waals surface area (Å²) in [6.07, 6.45) is 3.55. The minimum Gasteiger partial charge on any atom is -0.467 e. The summed E-state index contributed by atoms with van der Waals surface area (Å²) in [6, 6.07) is 3.69. The lowest BCUT2D eigenvalue weighted by Gasteiger charge is -2.18. The first-order valence-electron chi connectivity index (χ1n) is 4.45. The minimum atomic E-state index is 0.00922. The Morgan fingerprint density at radius 2 is 2.43 bits per heavy atom. The zero-order valence-electron chi connectivity index (χ0n) is 8.69. The standard InChI is InChI=1S/C10H15NO2S/c1-8(14-3)10(12)11(2)7-9-5-4-6-13-9/h4-6,8H,7H2,1-3H3/t8-/m0/s1. The van der Waals surface area contributed by atoms with Crippen LogP contribution in [-0.4, -0.2) is 29.4 Å². The fraction of sp³-hybridized carbons (Fsp3) is 0.500. The van der Waals surface area contributed by atoms with Gasteiger partial charge in [0.05, 0.1) is 18.1 Å². The van der Waals surface area contributed by atoms with Gasteiger partial charge in [0, 0.05) is 7.05 Å². The van der Waals surface area contributed by atoms with Crippen LogP contribution in [0.1, 0.15) is 12.7 Å². The molecule has 78 valence electrons. The summed E-state index contributed by atoms with van der Waals surface area (Å²) >= 11 is 1.55. The second-order valence-electron chi connectivity index (χ2n) is 3.15. The van der Waals surface area contributed by atoms with Crippen molar-refractivity contribution in [3.05, 3.63) is 24.2 Å². The van der Waals surface area contributed by atoms with Gasteiger partial charge in [-0.3, -0.25) is 4.79 Å². The second kappa shape index (κ2) is 5.10. The van der Waals surface area contributed by atoms with Crippen molar-refractivity contribution in [2.24, 2.45) is 0 Å². The number of furan rings is 1. The quantitative estimate of drug-likeness (QED) is 0.767. The molecule has 1 heterocycles. The molecule has 0 radical (unpaired) electrons. The van der Waals surface area contributed by atoms with E-state index in [2.05, 4.69) is 0 Å². The van der Waals surface area contributed by atoms with Crippen molar-refractivity contribution in [3.63, 3.8) is 0 Å². The summed E-state index contributed by atoms with van der Waals surface area (Å²) < 4.78 is 5.17. The first-order chi connectivity index (χ1) is 6.65. The molecule has 0 aliphatic rings. The van der Waals surface area contributed by atoms with Gasteiger partial charge >= 0.3 is 0 Å². The van der Waals surface area contributed by atoms with E-state index in [1.54, 1.807) is 30.0 Å². The molecular formula is C10H15NO2S. The molecule has 0 aromatic carbocycles. The van der Waals surface area contributed by atoms with Crippen molar-refractivity contribution in [3.8, 4) is 0 Å². The Morgan fingerprint density at radius 3 is 2.93 bits per heavy atom. The molecule has 0 aliphatic heterocycles. The molecule has 1 aromatic rings. The Kier molecular flexibility index (Phi) is 4.07. The molecular weight excluding hydrogens is 198 g/mol. The van der Waals surface area contributed by atoms with E-state index in [0.29, 0.717) is 6.54 Å². The summed E-state index contributed by atoms with van der Waals surface area (Å²) in [5.74, 6) is 0.947. The van der Waals surface area contributed by atoms with Crippen molar-refractivity contribution in [1.82, 2.24) is 4.90 Å². The molecule has 3 nitrogen and oxygen atoms in total. The van der Waals surface area contributed by atoms with Crippen LogP contribution in [0.25, 0.3) is 0 Å². The molecule has 0 fully saturated rings. The van der Waals surface area contributed by atoms with E-state index in [0.717, 1.165) is 5.76 Å². The first-order valence-corrected chi connectivity index (χ1v) is 5.74. The molecule has 14 heavy (non-hydrogen) atoms. The van der Waals surface area contributed by atoms with Gasteiger partial charge in [-0.25, -0.2) is 0 Å². The fourth-order valence-corrected chi connectivity index (χ4v) is 1.51. The maximum atomic E-state index is 11.7. The first kappa shape index (κ1) is 11.2. The highest BCUT2D eigenvalue weighted by Crippen LogP contribution is 2.11. The number of carbonyl (C=O) groups is 1. The maximum absolute atomic E-state index is 11.7. The molecule has 1 rings (SSSR count). The fourth-order valence-electron chi connectivity index (χ4n) is 1.13. The van der Waals surface area contributed by atoms with E-state index < -0.39 is 0 Å². The average molecular weight is 213 g/mol. The smallest absolute Gasteiger partial charge is 0.235 e. The number of hydrogen-bond donors (Lipinski definition) is 0. The highest BCUT2D eigenvalue weighted by molar-refractivity contribution is 7.99. The summed E-state index contributed by atoms with van der Waals surface area (Å²) in [7, 11) is 1.79. The van der Waals surface area contributed by atoms with E-state index in [1.165, 1.54) is 0 Å². The zero-order valence-corrected chi connectivity index (χ0v) is 9.50. The van der Waals surface area contributed by atoms with Crippen molar-refractivity contribution < 1.29 is 9.21 Å². The number of carbonyl (C=O) groups excluding carboxylic acids is 1. The van der Waals surface area contributed by atoms with E-state index in [-0.39, 0.29) is 11.2 Å². The zero-order chi connectivity index (χ0) is 10.6. The topological polar surface area (TPSA) is 33.5 Å². The largest absolute Gasteiger partial charge is 0.467 e. The molecule has 0 saturated carbocycles. The van der Waals surface area contributed by atoms with E-state index in [9.17, 15) is 4.79 Å². The lowest BCUT2D eigenvalue weighted by Crippen LogP contribution is -2.32. The highest BCUT2D eigenvalue weighted by Gasteiger charge is 2.16. The summed E-state index contributed by atoms with van der Waals surface area (Å²) in [5, 5.41) is 0.00922. The van der Waals surface area contributed by atoms with Crippen molar-refractivity contribution in [2.75, 3.05) is 13.3 Å². The normalized spacial score (nSPS) is 12.5. The molecule has 1 atom stereocenters. The van der Waals surface area contributed by atoms with Crippen LogP contribution >= 0.6 is 11.8 Å². The third-order valence-electron chi connectivity index (χ3n) is 2.05. The molecule has 4 heteroatoms. The van der Waals surface area contributed by atoms with Gasteiger partial charge in [0.1, 0.15) is 5.76 Å². The van der Waals surface area contributed by atoms with Crippen LogP contribution in [0.2, 0.25) is 0 Å². The van der Waals surface area contributed by atoms with E-state index >= 15 is 0 Å². The summed E-state index contributed by atoms with van der Waals surface area (Å²) in [4.78, 5) is 13.3. The predicted molar refractivity (Wildman–Crippen MR) is 58.2 cm³/mol. The predicted octanol–water partition coefficient (Wildman–Crippen LogP) is 1.99. The number of hydrogen-bond acceptors (Lipinski definition) is 3. The number of nitrogens with zero attached hydrogens (tertiary/aromatic N) is 1. The third-order valence-corrected chi connectivity index (χ3v) is 2.96. The van der Waals surface area contributed by atoms with Crippen molar-refractivity contribution >= 4 is 17.7 Å². The molecule has 0 N–H and O–H groups in total. The van der Waals surface area contributed by atoms with Crippen LogP contribution in [0.15, 0.2) is 22.8 Å². The summed E-state index contributed by atoms with van der Waals surface area (Å²) in [6.45, 7) is 2.45. The molecule has 1 aromatic heterocycles. The van der Waals surface area contributed by atoms with E-state index in [4.69, 9.17) is 4.42 Å². The van der Waals surface area contributed by atoms with Gasteiger partial charge in [0.2, 0.25) is 5.91 Å². The second-order valence-corrected chi connectivity index (χ2v) is 4.33. The Balaban J connectivity index is 2.50. The summed E-state index contributed by atoms with van der Waals surface area (Å²) in [5.41, 5.74) is 0. The monoisotopic (exact) mass is 213 g/mol. The maximum Gasteiger partial charge on any atom is 0.235 e. The third kappa shape index (κ3) is 2.80. The van der Waals surface area contributed by atoms with Gasteiger partial charge in [-0.15, -0.1) is 0 Å². The van der Waals surface area contributed by atoms with Gasteiger partial charge < -0.3 is 9.32 Å². The molecule has 0 bridgehead atoms. The molecule has 0 saturated heterocycles. The lowest BCUT2D eigenvalue weighted by atomic mass is 10.3. The lowest BCUT2D eigenvalue weighted by molar-refractivity contribution is -0.129. The molecule has 0 aliphatic carbocycles. The highest BCUT2D eigenvalue weighted by atomic mass is 32.2. The minimum absolute atomic E-state index is 0.00922. The van der Waals surface area contributed by atoms with E-state index in [1.807, 2.05) is 25.3 Å². The Labute approximate surface area is 88.5 Å². The van der Waals surface area contributed by atoms with Crippen molar-refractivity contribution in [2.45, 2.75) is 18.7 Å². The number of rotatable bonds is 4. The number of amides is 1. The van der Waals surface area contributed by atoms with Crippen LogP contribution in [0.5, 0.6) is 0 Å². The van der Waals surface area contributed by atoms with Crippen molar-refractivity contribution in [1.29, 1.82) is 0 Å². The Hall–Kier alpha value is -0.900. The SMILES string of the molecule is CS[C@@H](C)C(=O)N(C)Cc1ccco1. The van der Waals surface area contributed by atoms with Gasteiger partial charge in [-0.2, -0.15) is 11.8 Å². The van der Waals surface area contributed by atoms with Gasteiger partial charge in [0.15, 0.2) is 0 Å². The van der Waals surface area contributed by atoms with Gasteiger partial charge in [-0.05, 0) is 25.3 Å². The average Bonchev–Trinajstić information content (AvgIpc) is 2.68. The van der Waals surface area contributed by atoms with Crippen LogP contribution in [0.4, 0.5) is 0 Å². The van der Waals surface area contributed by atoms with Gasteiger partial charge in [0.25, 0.3) is 0 Å².